The molecule has 0 radical (unpaired) electrons. The van der Waals surface area contributed by atoms with E-state index in [4.69, 9.17) is 9.97 Å². The van der Waals surface area contributed by atoms with E-state index in [0.29, 0.717) is 5.82 Å². The zero-order chi connectivity index (χ0) is 34.9. The van der Waals surface area contributed by atoms with Gasteiger partial charge in [0.05, 0.1) is 22.1 Å². The Morgan fingerprint density at radius 2 is 1.17 bits per heavy atom. The zero-order valence-corrected chi connectivity index (χ0v) is 29.3. The summed E-state index contributed by atoms with van der Waals surface area (Å²) in [6.45, 7) is 0. The molecule has 0 bridgehead atoms. The molecule has 7 aromatic carbocycles. The molecular formula is C48H30N4S. The Balaban J connectivity index is 1.13. The van der Waals surface area contributed by atoms with Gasteiger partial charge < -0.3 is 4.57 Å². The van der Waals surface area contributed by atoms with Crippen molar-refractivity contribution in [2.45, 2.75) is 0 Å². The van der Waals surface area contributed by atoms with E-state index in [2.05, 4.69) is 179 Å². The predicted molar refractivity (Wildman–Crippen MR) is 222 cm³/mol. The van der Waals surface area contributed by atoms with Crippen molar-refractivity contribution in [2.24, 2.45) is 0 Å². The van der Waals surface area contributed by atoms with Crippen molar-refractivity contribution in [2.75, 3.05) is 0 Å². The number of nitrogens with zero attached hydrogens (tertiary/aromatic N) is 4. The molecule has 0 saturated heterocycles. The molecular weight excluding hydrogens is 665 g/mol. The molecule has 0 spiro atoms. The van der Waals surface area contributed by atoms with Crippen LogP contribution in [0.2, 0.25) is 0 Å². The van der Waals surface area contributed by atoms with Crippen LogP contribution in [0.4, 0.5) is 0 Å². The highest BCUT2D eigenvalue weighted by atomic mass is 32.1. The molecule has 4 nitrogen and oxygen atoms in total. The first-order valence-corrected chi connectivity index (χ1v) is 18.6. The van der Waals surface area contributed by atoms with E-state index in [9.17, 15) is 0 Å². The van der Waals surface area contributed by atoms with Gasteiger partial charge in [-0.2, -0.15) is 0 Å². The monoisotopic (exact) mass is 694 g/mol. The predicted octanol–water partition coefficient (Wildman–Crippen LogP) is 12.9. The summed E-state index contributed by atoms with van der Waals surface area (Å²) in [6, 6.07) is 62.9. The third-order valence-corrected chi connectivity index (χ3v) is 11.5. The molecule has 0 N–H and O–H groups in total. The number of hydrogen-bond acceptors (Lipinski definition) is 3. The fourth-order valence-electron chi connectivity index (χ4n) is 8.02. The van der Waals surface area contributed by atoms with Crippen molar-refractivity contribution in [3.8, 4) is 44.5 Å². The average Bonchev–Trinajstić information content (AvgIpc) is 3.91. The molecule has 0 aliphatic rings. The summed E-state index contributed by atoms with van der Waals surface area (Å²) in [5.74, 6) is 1.54. The van der Waals surface area contributed by atoms with E-state index in [-0.39, 0.29) is 0 Å². The van der Waals surface area contributed by atoms with E-state index >= 15 is 0 Å². The summed E-state index contributed by atoms with van der Waals surface area (Å²) in [7, 11) is 0. The Morgan fingerprint density at radius 3 is 2.00 bits per heavy atom. The van der Waals surface area contributed by atoms with Crippen LogP contribution in [0.15, 0.2) is 182 Å². The summed E-state index contributed by atoms with van der Waals surface area (Å²) < 4.78 is 6.00. The minimum atomic E-state index is 0.704. The van der Waals surface area contributed by atoms with Gasteiger partial charge in [-0.15, -0.1) is 11.3 Å². The van der Waals surface area contributed by atoms with E-state index in [1.54, 1.807) is 0 Å². The maximum atomic E-state index is 5.30. The summed E-state index contributed by atoms with van der Waals surface area (Å²) in [4.78, 5) is 11.4. The van der Waals surface area contributed by atoms with E-state index in [0.717, 1.165) is 33.6 Å². The summed E-state index contributed by atoms with van der Waals surface area (Å²) in [5, 5.41) is 5.99. The van der Waals surface area contributed by atoms with E-state index < -0.39 is 0 Å². The second-order valence-corrected chi connectivity index (χ2v) is 14.5. The Bertz CT molecular complexity index is 3170. The molecule has 4 aromatic heterocycles. The van der Waals surface area contributed by atoms with Crippen molar-refractivity contribution >= 4 is 65.0 Å². The van der Waals surface area contributed by atoms with Gasteiger partial charge in [0.2, 0.25) is 0 Å². The van der Waals surface area contributed by atoms with Crippen LogP contribution in [-0.2, 0) is 0 Å². The highest BCUT2D eigenvalue weighted by molar-refractivity contribution is 7.22. The molecule has 0 fully saturated rings. The largest absolute Gasteiger partial charge is 0.309 e. The molecule has 4 heterocycles. The second kappa shape index (κ2) is 11.9. The smallest absolute Gasteiger partial charge is 0.161 e. The number of fused-ring (bicyclic) bond motifs is 8. The Hall–Kier alpha value is -6.82. The lowest BCUT2D eigenvalue weighted by atomic mass is 10.1. The lowest BCUT2D eigenvalue weighted by Gasteiger charge is -2.11. The molecule has 0 aliphatic heterocycles. The molecule has 11 aromatic rings. The van der Waals surface area contributed by atoms with Crippen LogP contribution in [0.3, 0.4) is 0 Å². The fraction of sp³-hybridized carbons (Fsp3) is 0. The van der Waals surface area contributed by atoms with E-state index in [1.165, 1.54) is 58.7 Å². The van der Waals surface area contributed by atoms with Gasteiger partial charge >= 0.3 is 0 Å². The molecule has 0 amide bonds. The van der Waals surface area contributed by atoms with Gasteiger partial charge in [0.15, 0.2) is 5.82 Å². The van der Waals surface area contributed by atoms with Crippen molar-refractivity contribution < 1.29 is 0 Å². The lowest BCUT2D eigenvalue weighted by molar-refractivity contribution is 1.05. The maximum Gasteiger partial charge on any atom is 0.161 e. The minimum Gasteiger partial charge on any atom is -0.309 e. The van der Waals surface area contributed by atoms with Crippen LogP contribution < -0.4 is 0 Å². The van der Waals surface area contributed by atoms with Gasteiger partial charge in [0.25, 0.3) is 0 Å². The minimum absolute atomic E-state index is 0.704. The van der Waals surface area contributed by atoms with Crippen LogP contribution in [-0.4, -0.2) is 19.1 Å². The lowest BCUT2D eigenvalue weighted by Crippen LogP contribution is -2.00. The van der Waals surface area contributed by atoms with Crippen molar-refractivity contribution in [1.29, 1.82) is 0 Å². The van der Waals surface area contributed by atoms with Crippen LogP contribution >= 0.6 is 11.3 Å². The SMILES string of the molecule is c1ccc(-c2cccc(-n3c4ccccc4c4c3ccc3c5ccccc5n(-c5ccnc(-c6ccc7sc(-c8ccccc8)cc7c6)n5)c34)c2)cc1. The first kappa shape index (κ1) is 29.9. The quantitative estimate of drug-likeness (QED) is 0.180. The van der Waals surface area contributed by atoms with Crippen LogP contribution in [0, 0.1) is 0 Å². The summed E-state index contributed by atoms with van der Waals surface area (Å²) >= 11 is 1.81. The normalized spacial score (nSPS) is 11.8. The van der Waals surface area contributed by atoms with E-state index in [1.807, 2.05) is 23.6 Å². The molecule has 0 aliphatic carbocycles. The van der Waals surface area contributed by atoms with Gasteiger partial charge in [-0.1, -0.05) is 115 Å². The summed E-state index contributed by atoms with van der Waals surface area (Å²) in [5.41, 5.74) is 10.3. The van der Waals surface area contributed by atoms with Crippen LogP contribution in [0.1, 0.15) is 0 Å². The second-order valence-electron chi connectivity index (χ2n) is 13.4. The highest BCUT2D eigenvalue weighted by Crippen LogP contribution is 2.42. The van der Waals surface area contributed by atoms with Gasteiger partial charge in [-0.05, 0) is 82.7 Å². The molecule has 11 rings (SSSR count). The summed E-state index contributed by atoms with van der Waals surface area (Å²) in [6.07, 6.45) is 1.89. The number of rotatable bonds is 5. The molecule has 0 saturated carbocycles. The number of hydrogen-bond donors (Lipinski definition) is 0. The number of benzene rings is 7. The molecule has 5 heteroatoms. The van der Waals surface area contributed by atoms with Crippen molar-refractivity contribution in [1.82, 2.24) is 19.1 Å². The number of aromatic nitrogens is 4. The van der Waals surface area contributed by atoms with Crippen molar-refractivity contribution in [3.63, 3.8) is 0 Å². The molecule has 248 valence electrons. The van der Waals surface area contributed by atoms with Crippen LogP contribution in [0.25, 0.3) is 98.2 Å². The molecule has 53 heavy (non-hydrogen) atoms. The topological polar surface area (TPSA) is 35.6 Å². The Kier molecular flexibility index (Phi) is 6.69. The number of thiophene rings is 1. The standard InChI is InChI=1S/C48H30N4S/c1-3-12-31(13-4-1)33-16-11-17-36(29-33)51-41-21-10-8-19-39(41)46-42(51)24-23-38-37-18-7-9-20-40(37)52(47(38)46)45-26-27-49-48(50-45)34-22-25-43-35(28-34)30-44(53-43)32-14-5-2-6-15-32/h1-30H. The number of para-hydroxylation sites is 2. The molecule has 0 unspecified atom stereocenters. The Morgan fingerprint density at radius 1 is 0.453 bits per heavy atom. The Labute approximate surface area is 309 Å². The third-order valence-electron chi connectivity index (χ3n) is 10.4. The van der Waals surface area contributed by atoms with Gasteiger partial charge in [0.1, 0.15) is 5.82 Å². The van der Waals surface area contributed by atoms with Gasteiger partial charge in [0, 0.05) is 48.6 Å². The highest BCUT2D eigenvalue weighted by Gasteiger charge is 2.22. The van der Waals surface area contributed by atoms with Crippen molar-refractivity contribution in [3.05, 3.63) is 182 Å². The van der Waals surface area contributed by atoms with Crippen LogP contribution in [0.5, 0.6) is 0 Å². The zero-order valence-electron chi connectivity index (χ0n) is 28.5. The third kappa shape index (κ3) is 4.75. The van der Waals surface area contributed by atoms with Gasteiger partial charge in [-0.25, -0.2) is 9.97 Å². The maximum absolute atomic E-state index is 5.30. The first-order chi connectivity index (χ1) is 26.3. The fourth-order valence-corrected chi connectivity index (χ4v) is 9.07. The average molecular weight is 695 g/mol. The van der Waals surface area contributed by atoms with Gasteiger partial charge in [-0.3, -0.25) is 4.57 Å². The first-order valence-electron chi connectivity index (χ1n) is 17.8. The molecule has 0 atom stereocenters.